The summed E-state index contributed by atoms with van der Waals surface area (Å²) >= 11 is 3.87. The van der Waals surface area contributed by atoms with E-state index >= 15 is 0 Å². The SMILES string of the molecule is COc1cc(OC)cc(C(=O)NC(CS)C(=O)O)c1. The van der Waals surface area contributed by atoms with Gasteiger partial charge in [0, 0.05) is 17.4 Å². The number of aliphatic carboxylic acids is 1. The van der Waals surface area contributed by atoms with Crippen LogP contribution in [-0.2, 0) is 4.79 Å². The van der Waals surface area contributed by atoms with Crippen molar-refractivity contribution in [3.05, 3.63) is 23.8 Å². The van der Waals surface area contributed by atoms with E-state index < -0.39 is 17.9 Å². The van der Waals surface area contributed by atoms with Gasteiger partial charge in [-0.2, -0.15) is 12.6 Å². The Balaban J connectivity index is 2.95. The Hall–Kier alpha value is -1.89. The van der Waals surface area contributed by atoms with Gasteiger partial charge in [-0.15, -0.1) is 0 Å². The molecule has 1 rings (SSSR count). The monoisotopic (exact) mass is 285 g/mol. The summed E-state index contributed by atoms with van der Waals surface area (Å²) in [7, 11) is 2.93. The molecule has 0 radical (unpaired) electrons. The van der Waals surface area contributed by atoms with Crippen LogP contribution in [0.25, 0.3) is 0 Å². The molecule has 0 aliphatic heterocycles. The molecule has 0 saturated heterocycles. The fourth-order valence-electron chi connectivity index (χ4n) is 1.37. The molecule has 104 valence electrons. The minimum atomic E-state index is -1.14. The third-order valence-electron chi connectivity index (χ3n) is 2.40. The maximum absolute atomic E-state index is 11.9. The van der Waals surface area contributed by atoms with Crippen molar-refractivity contribution in [1.82, 2.24) is 5.32 Å². The zero-order valence-corrected chi connectivity index (χ0v) is 11.4. The van der Waals surface area contributed by atoms with E-state index in [0.29, 0.717) is 11.5 Å². The molecule has 0 aromatic heterocycles. The number of carboxylic acid groups (broad SMARTS) is 1. The second-order valence-electron chi connectivity index (χ2n) is 3.65. The number of hydrogen-bond donors (Lipinski definition) is 3. The average molecular weight is 285 g/mol. The molecule has 7 heteroatoms. The lowest BCUT2D eigenvalue weighted by atomic mass is 10.1. The molecular formula is C12H15NO5S. The van der Waals surface area contributed by atoms with Gasteiger partial charge in [-0.1, -0.05) is 0 Å². The van der Waals surface area contributed by atoms with E-state index in [-0.39, 0.29) is 11.3 Å². The Bertz CT molecular complexity index is 455. The number of amides is 1. The second-order valence-corrected chi connectivity index (χ2v) is 4.01. The second kappa shape index (κ2) is 6.89. The molecule has 6 nitrogen and oxygen atoms in total. The van der Waals surface area contributed by atoms with Crippen molar-refractivity contribution < 1.29 is 24.2 Å². The van der Waals surface area contributed by atoms with Gasteiger partial charge in [0.25, 0.3) is 5.91 Å². The number of carbonyl (C=O) groups excluding carboxylic acids is 1. The predicted molar refractivity (Wildman–Crippen MR) is 72.3 cm³/mol. The lowest BCUT2D eigenvalue weighted by molar-refractivity contribution is -0.138. The summed E-state index contributed by atoms with van der Waals surface area (Å²) in [4.78, 5) is 22.8. The molecule has 1 amide bonds. The molecule has 0 heterocycles. The van der Waals surface area contributed by atoms with Crippen molar-refractivity contribution in [2.45, 2.75) is 6.04 Å². The van der Waals surface area contributed by atoms with Crippen molar-refractivity contribution in [2.24, 2.45) is 0 Å². The molecule has 1 aromatic carbocycles. The number of methoxy groups -OCH3 is 2. The Labute approximate surface area is 116 Å². The topological polar surface area (TPSA) is 84.9 Å². The van der Waals surface area contributed by atoms with Crippen LogP contribution in [0.3, 0.4) is 0 Å². The summed E-state index contributed by atoms with van der Waals surface area (Å²) in [5.74, 6) is -0.774. The van der Waals surface area contributed by atoms with Crippen LogP contribution in [-0.4, -0.2) is 43.0 Å². The van der Waals surface area contributed by atoms with E-state index in [9.17, 15) is 9.59 Å². The van der Waals surface area contributed by atoms with E-state index in [1.807, 2.05) is 0 Å². The number of benzene rings is 1. The highest BCUT2D eigenvalue weighted by atomic mass is 32.1. The molecular weight excluding hydrogens is 270 g/mol. The van der Waals surface area contributed by atoms with E-state index in [4.69, 9.17) is 14.6 Å². The van der Waals surface area contributed by atoms with Crippen molar-refractivity contribution in [3.63, 3.8) is 0 Å². The zero-order chi connectivity index (χ0) is 14.4. The highest BCUT2D eigenvalue weighted by Gasteiger charge is 2.19. The summed E-state index contributed by atoms with van der Waals surface area (Å²) < 4.78 is 10.1. The van der Waals surface area contributed by atoms with Crippen molar-refractivity contribution in [2.75, 3.05) is 20.0 Å². The van der Waals surface area contributed by atoms with Crippen molar-refractivity contribution in [1.29, 1.82) is 0 Å². The molecule has 1 atom stereocenters. The highest BCUT2D eigenvalue weighted by Crippen LogP contribution is 2.22. The fraction of sp³-hybridized carbons (Fsp3) is 0.333. The first-order chi connectivity index (χ1) is 9.01. The van der Waals surface area contributed by atoms with E-state index in [1.54, 1.807) is 6.07 Å². The lowest BCUT2D eigenvalue weighted by Gasteiger charge is -2.13. The standard InChI is InChI=1S/C12H15NO5S/c1-17-8-3-7(4-9(5-8)18-2)11(14)13-10(6-19)12(15)16/h3-5,10,19H,6H2,1-2H3,(H,13,14)(H,15,16). The van der Waals surface area contributed by atoms with Crippen LogP contribution in [0, 0.1) is 0 Å². The Morgan fingerprint density at radius 3 is 2.16 bits per heavy atom. The molecule has 2 N–H and O–H groups in total. The van der Waals surface area contributed by atoms with Gasteiger partial charge in [0.2, 0.25) is 0 Å². The van der Waals surface area contributed by atoms with E-state index in [1.165, 1.54) is 26.4 Å². The molecule has 1 unspecified atom stereocenters. The molecule has 0 aliphatic carbocycles. The Kier molecular flexibility index (Phi) is 5.50. The van der Waals surface area contributed by atoms with Crippen molar-refractivity contribution in [3.8, 4) is 11.5 Å². The van der Waals surface area contributed by atoms with Crippen molar-refractivity contribution >= 4 is 24.5 Å². The van der Waals surface area contributed by atoms with Crippen LogP contribution in [0.2, 0.25) is 0 Å². The van der Waals surface area contributed by atoms with E-state index in [0.717, 1.165) is 0 Å². The van der Waals surface area contributed by atoms with E-state index in [2.05, 4.69) is 17.9 Å². The van der Waals surface area contributed by atoms with Crippen LogP contribution in [0.4, 0.5) is 0 Å². The third kappa shape index (κ3) is 4.06. The quantitative estimate of drug-likeness (QED) is 0.674. The van der Waals surface area contributed by atoms with Gasteiger partial charge in [0.1, 0.15) is 17.5 Å². The van der Waals surface area contributed by atoms with Gasteiger partial charge >= 0.3 is 5.97 Å². The number of carbonyl (C=O) groups is 2. The lowest BCUT2D eigenvalue weighted by Crippen LogP contribution is -2.42. The van der Waals surface area contributed by atoms with Gasteiger partial charge in [-0.25, -0.2) is 4.79 Å². The summed E-state index contributed by atoms with van der Waals surface area (Å²) in [5.41, 5.74) is 0.254. The highest BCUT2D eigenvalue weighted by molar-refractivity contribution is 7.80. The molecule has 19 heavy (non-hydrogen) atoms. The average Bonchev–Trinajstić information content (AvgIpc) is 2.43. The third-order valence-corrected chi connectivity index (χ3v) is 2.76. The summed E-state index contributed by atoms with van der Waals surface area (Å²) in [6.45, 7) is 0. The van der Waals surface area contributed by atoms with Gasteiger partial charge in [0.05, 0.1) is 14.2 Å². The van der Waals surface area contributed by atoms with Gasteiger partial charge in [0.15, 0.2) is 0 Å². The Morgan fingerprint density at radius 2 is 1.79 bits per heavy atom. The van der Waals surface area contributed by atoms with Gasteiger partial charge in [-0.05, 0) is 12.1 Å². The van der Waals surface area contributed by atoms with Crippen LogP contribution in [0.5, 0.6) is 11.5 Å². The van der Waals surface area contributed by atoms with Gasteiger partial charge < -0.3 is 19.9 Å². The molecule has 0 fully saturated rings. The fourth-order valence-corrected chi connectivity index (χ4v) is 1.61. The predicted octanol–water partition coefficient (Wildman–Crippen LogP) is 0.817. The maximum Gasteiger partial charge on any atom is 0.327 e. The van der Waals surface area contributed by atoms with Gasteiger partial charge in [-0.3, -0.25) is 4.79 Å². The molecule has 0 spiro atoms. The molecule has 0 aliphatic rings. The number of ether oxygens (including phenoxy) is 2. The minimum absolute atomic E-state index is 0.00216. The van der Waals surface area contributed by atoms with Crippen LogP contribution < -0.4 is 14.8 Å². The number of thiol groups is 1. The number of carboxylic acids is 1. The Morgan fingerprint density at radius 1 is 1.26 bits per heavy atom. The first kappa shape index (κ1) is 15.2. The molecule has 0 bridgehead atoms. The number of nitrogens with one attached hydrogen (secondary N) is 1. The van der Waals surface area contributed by atoms with Crippen LogP contribution in [0.1, 0.15) is 10.4 Å². The van der Waals surface area contributed by atoms with Crippen LogP contribution in [0.15, 0.2) is 18.2 Å². The number of hydrogen-bond acceptors (Lipinski definition) is 5. The maximum atomic E-state index is 11.9. The molecule has 1 aromatic rings. The number of rotatable bonds is 6. The first-order valence-electron chi connectivity index (χ1n) is 5.39. The summed E-state index contributed by atoms with van der Waals surface area (Å²) in [5, 5.41) is 11.2. The normalized spacial score (nSPS) is 11.5. The largest absolute Gasteiger partial charge is 0.497 e. The zero-order valence-electron chi connectivity index (χ0n) is 10.5. The van der Waals surface area contributed by atoms with Crippen LogP contribution >= 0.6 is 12.6 Å². The summed E-state index contributed by atoms with van der Waals surface area (Å²) in [6.07, 6.45) is 0. The molecule has 0 saturated carbocycles. The first-order valence-corrected chi connectivity index (χ1v) is 6.02. The smallest absolute Gasteiger partial charge is 0.327 e. The summed E-state index contributed by atoms with van der Waals surface area (Å²) in [6, 6.07) is 3.56. The minimum Gasteiger partial charge on any atom is -0.497 e.